The second-order valence-electron chi connectivity index (χ2n) is 8.66. The highest BCUT2D eigenvalue weighted by Gasteiger charge is 2.21. The predicted octanol–water partition coefficient (Wildman–Crippen LogP) is 4.30. The lowest BCUT2D eigenvalue weighted by Crippen LogP contribution is -2.48. The quantitative estimate of drug-likeness (QED) is 0.336. The zero-order valence-electron chi connectivity index (χ0n) is 19.9. The highest BCUT2D eigenvalue weighted by molar-refractivity contribution is 7.92. The van der Waals surface area contributed by atoms with Gasteiger partial charge in [-0.3, -0.25) is 14.4 Å². The van der Waals surface area contributed by atoms with Gasteiger partial charge in [0.1, 0.15) is 0 Å². The first-order valence-electron chi connectivity index (χ1n) is 11.9. The minimum absolute atomic E-state index is 0.138. The number of nitrogens with zero attached hydrogens (tertiary/aromatic N) is 3. The van der Waals surface area contributed by atoms with E-state index < -0.39 is 10.0 Å². The van der Waals surface area contributed by atoms with Crippen molar-refractivity contribution in [2.24, 2.45) is 0 Å². The van der Waals surface area contributed by atoms with Crippen LogP contribution in [0.1, 0.15) is 10.4 Å². The van der Waals surface area contributed by atoms with Gasteiger partial charge < -0.3 is 10.2 Å². The molecule has 1 aliphatic heterocycles. The van der Waals surface area contributed by atoms with Gasteiger partial charge in [0.25, 0.3) is 15.9 Å². The van der Waals surface area contributed by atoms with E-state index in [1.165, 1.54) is 12.1 Å². The van der Waals surface area contributed by atoms with E-state index >= 15 is 0 Å². The third-order valence-corrected chi connectivity index (χ3v) is 8.86. The molecule has 0 unspecified atom stereocenters. The molecule has 2 N–H and O–H groups in total. The Balaban J connectivity index is 1.13. The van der Waals surface area contributed by atoms with Crippen LogP contribution in [-0.4, -0.2) is 63.5 Å². The summed E-state index contributed by atoms with van der Waals surface area (Å²) in [4.78, 5) is 22.3. The molecule has 1 saturated heterocycles. The van der Waals surface area contributed by atoms with Crippen molar-refractivity contribution in [1.29, 1.82) is 0 Å². The molecule has 0 bridgehead atoms. The Bertz CT molecular complexity index is 1500. The minimum atomic E-state index is -3.80. The Morgan fingerprint density at radius 2 is 1.70 bits per heavy atom. The number of sulfonamides is 1. The summed E-state index contributed by atoms with van der Waals surface area (Å²) in [6, 6.07) is 20.4. The van der Waals surface area contributed by atoms with E-state index in [0.717, 1.165) is 41.5 Å². The number of piperazine rings is 1. The maximum Gasteiger partial charge on any atom is 0.261 e. The van der Waals surface area contributed by atoms with Crippen LogP contribution in [0.25, 0.3) is 10.2 Å². The first-order valence-corrected chi connectivity index (χ1v) is 14.6. The standard InChI is InChI=1S/C26H26ClN5O3S2/c27-19-10-11-23-24(18-19)36-26(29-23)32-16-14-31(15-17-32)13-12-28-25(33)21-8-4-5-9-22(21)30-37(34,35)20-6-2-1-3-7-20/h1-11,18,30H,12-17H2,(H,28,33). The molecule has 11 heteroatoms. The fourth-order valence-corrected chi connectivity index (χ4v) is 6.57. The van der Waals surface area contributed by atoms with Gasteiger partial charge in [0, 0.05) is 44.3 Å². The number of para-hydroxylation sites is 1. The SMILES string of the molecule is O=C(NCCN1CCN(c2nc3ccc(Cl)cc3s2)CC1)c1ccccc1NS(=O)(=O)c1ccccc1. The molecule has 8 nitrogen and oxygen atoms in total. The molecule has 1 aromatic heterocycles. The molecule has 37 heavy (non-hydrogen) atoms. The molecule has 1 fully saturated rings. The Hall–Kier alpha value is -3.18. The van der Waals surface area contributed by atoms with Gasteiger partial charge in [0.2, 0.25) is 0 Å². The van der Waals surface area contributed by atoms with Crippen molar-refractivity contribution < 1.29 is 13.2 Å². The first-order chi connectivity index (χ1) is 17.9. The number of benzene rings is 3. The van der Waals surface area contributed by atoms with E-state index in [1.807, 2.05) is 18.2 Å². The number of hydrogen-bond acceptors (Lipinski definition) is 7. The second-order valence-corrected chi connectivity index (χ2v) is 11.8. The number of nitrogens with one attached hydrogen (secondary N) is 2. The number of carbonyl (C=O) groups is 1. The molecule has 0 saturated carbocycles. The summed E-state index contributed by atoms with van der Waals surface area (Å²) < 4.78 is 29.1. The summed E-state index contributed by atoms with van der Waals surface area (Å²) in [6.07, 6.45) is 0. The van der Waals surface area contributed by atoms with Crippen LogP contribution in [-0.2, 0) is 10.0 Å². The van der Waals surface area contributed by atoms with Gasteiger partial charge in [-0.1, -0.05) is 53.3 Å². The lowest BCUT2D eigenvalue weighted by atomic mass is 10.1. The number of amides is 1. The van der Waals surface area contributed by atoms with Crippen molar-refractivity contribution in [2.45, 2.75) is 4.90 Å². The Labute approximate surface area is 224 Å². The predicted molar refractivity (Wildman–Crippen MR) is 149 cm³/mol. The molecule has 3 aromatic carbocycles. The summed E-state index contributed by atoms with van der Waals surface area (Å²) in [5.74, 6) is -0.321. The Kier molecular flexibility index (Phi) is 7.61. The minimum Gasteiger partial charge on any atom is -0.351 e. The van der Waals surface area contributed by atoms with E-state index in [4.69, 9.17) is 16.6 Å². The molecule has 0 atom stereocenters. The largest absolute Gasteiger partial charge is 0.351 e. The fourth-order valence-electron chi connectivity index (χ4n) is 4.18. The normalized spacial score (nSPS) is 14.6. The number of fused-ring (bicyclic) bond motifs is 1. The van der Waals surface area contributed by atoms with Gasteiger partial charge in [0.05, 0.1) is 26.4 Å². The number of anilines is 2. The first kappa shape index (κ1) is 25.5. The number of halogens is 1. The zero-order valence-corrected chi connectivity index (χ0v) is 22.3. The van der Waals surface area contributed by atoms with Crippen LogP contribution in [0.3, 0.4) is 0 Å². The Morgan fingerprint density at radius 1 is 0.973 bits per heavy atom. The molecule has 0 spiro atoms. The molecule has 0 aliphatic carbocycles. The van der Waals surface area contributed by atoms with Crippen molar-refractivity contribution in [3.8, 4) is 0 Å². The van der Waals surface area contributed by atoms with E-state index in [1.54, 1.807) is 53.8 Å². The molecule has 4 aromatic rings. The molecule has 5 rings (SSSR count). The van der Waals surface area contributed by atoms with Crippen LogP contribution in [0.5, 0.6) is 0 Å². The number of carbonyl (C=O) groups excluding carboxylic acids is 1. The van der Waals surface area contributed by atoms with E-state index in [0.29, 0.717) is 18.1 Å². The van der Waals surface area contributed by atoms with Gasteiger partial charge in [-0.15, -0.1) is 0 Å². The molecule has 2 heterocycles. The van der Waals surface area contributed by atoms with Crippen molar-refractivity contribution in [2.75, 3.05) is 48.9 Å². The van der Waals surface area contributed by atoms with Crippen LogP contribution in [0.4, 0.5) is 10.8 Å². The number of aromatic nitrogens is 1. The van der Waals surface area contributed by atoms with Crippen molar-refractivity contribution in [1.82, 2.24) is 15.2 Å². The average Bonchev–Trinajstić information content (AvgIpc) is 3.33. The molecular formula is C26H26ClN5O3S2. The van der Waals surface area contributed by atoms with Crippen LogP contribution in [0.15, 0.2) is 77.7 Å². The molecule has 1 amide bonds. The lowest BCUT2D eigenvalue weighted by molar-refractivity contribution is 0.0948. The van der Waals surface area contributed by atoms with Crippen molar-refractivity contribution in [3.63, 3.8) is 0 Å². The maximum atomic E-state index is 12.9. The molecular weight excluding hydrogens is 530 g/mol. The van der Waals surface area contributed by atoms with E-state index in [-0.39, 0.29) is 22.1 Å². The maximum absolute atomic E-state index is 12.9. The fraction of sp³-hybridized carbons (Fsp3) is 0.231. The number of hydrogen-bond donors (Lipinski definition) is 2. The number of rotatable bonds is 8. The van der Waals surface area contributed by atoms with Gasteiger partial charge in [-0.25, -0.2) is 13.4 Å². The third-order valence-electron chi connectivity index (χ3n) is 6.17. The van der Waals surface area contributed by atoms with Gasteiger partial charge >= 0.3 is 0 Å². The van der Waals surface area contributed by atoms with Crippen molar-refractivity contribution in [3.05, 3.63) is 83.4 Å². The molecule has 192 valence electrons. The molecule has 0 radical (unpaired) electrons. The third kappa shape index (κ3) is 6.04. The highest BCUT2D eigenvalue weighted by atomic mass is 35.5. The molecule has 1 aliphatic rings. The summed E-state index contributed by atoms with van der Waals surface area (Å²) >= 11 is 7.75. The van der Waals surface area contributed by atoms with Gasteiger partial charge in [0.15, 0.2) is 5.13 Å². The number of thiazole rings is 1. The van der Waals surface area contributed by atoms with Crippen LogP contribution < -0.4 is 14.9 Å². The monoisotopic (exact) mass is 555 g/mol. The summed E-state index contributed by atoms with van der Waals surface area (Å²) in [7, 11) is -3.80. The lowest BCUT2D eigenvalue weighted by Gasteiger charge is -2.34. The topological polar surface area (TPSA) is 94.6 Å². The Morgan fingerprint density at radius 3 is 2.49 bits per heavy atom. The van der Waals surface area contributed by atoms with E-state index in [2.05, 4.69) is 19.8 Å². The average molecular weight is 556 g/mol. The highest BCUT2D eigenvalue weighted by Crippen LogP contribution is 2.31. The van der Waals surface area contributed by atoms with Crippen LogP contribution >= 0.6 is 22.9 Å². The van der Waals surface area contributed by atoms with Gasteiger partial charge in [-0.2, -0.15) is 0 Å². The zero-order chi connectivity index (χ0) is 25.8. The van der Waals surface area contributed by atoms with Gasteiger partial charge in [-0.05, 0) is 42.5 Å². The second kappa shape index (κ2) is 11.1. The summed E-state index contributed by atoms with van der Waals surface area (Å²) in [5.41, 5.74) is 1.48. The van der Waals surface area contributed by atoms with E-state index in [9.17, 15) is 13.2 Å². The van der Waals surface area contributed by atoms with Crippen LogP contribution in [0, 0.1) is 0 Å². The summed E-state index contributed by atoms with van der Waals surface area (Å²) in [5, 5.41) is 4.64. The van der Waals surface area contributed by atoms with Crippen LogP contribution in [0.2, 0.25) is 5.02 Å². The smallest absolute Gasteiger partial charge is 0.261 e. The van der Waals surface area contributed by atoms with Crippen molar-refractivity contribution >= 4 is 59.9 Å². The summed E-state index contributed by atoms with van der Waals surface area (Å²) in [6.45, 7) is 4.59.